The van der Waals surface area contributed by atoms with Crippen LogP contribution < -0.4 is 5.32 Å². The molecule has 0 aliphatic carbocycles. The summed E-state index contributed by atoms with van der Waals surface area (Å²) in [6.07, 6.45) is -0.390. The summed E-state index contributed by atoms with van der Waals surface area (Å²) in [7, 11) is 0. The number of imidazole rings is 1. The van der Waals surface area contributed by atoms with E-state index < -0.39 is 11.9 Å². The van der Waals surface area contributed by atoms with E-state index in [1.54, 1.807) is 12.1 Å². The van der Waals surface area contributed by atoms with Crippen LogP contribution in [0.2, 0.25) is 0 Å². The molecule has 26 heavy (non-hydrogen) atoms. The molecule has 1 N–H and O–H groups in total. The highest BCUT2D eigenvalue weighted by molar-refractivity contribution is 7.13. The maximum absolute atomic E-state index is 13.5. The summed E-state index contributed by atoms with van der Waals surface area (Å²) in [5.74, 6) is 0.302. The Kier molecular flexibility index (Phi) is 3.83. The zero-order chi connectivity index (χ0) is 18.3. The van der Waals surface area contributed by atoms with Crippen molar-refractivity contribution in [3.8, 4) is 11.4 Å². The number of aryl methyl sites for hydroxylation is 1. The molecule has 4 aromatic rings. The average molecular weight is 376 g/mol. The Balaban J connectivity index is 1.84. The molecular weight excluding hydrogens is 365 g/mol. The quantitative estimate of drug-likeness (QED) is 0.577. The third kappa shape index (κ3) is 2.99. The fourth-order valence-electron chi connectivity index (χ4n) is 2.50. The summed E-state index contributed by atoms with van der Waals surface area (Å²) in [6, 6.07) is 4.76. The van der Waals surface area contributed by atoms with Crippen molar-refractivity contribution in [1.82, 2.24) is 24.3 Å². The first kappa shape index (κ1) is 16.5. The molecular formula is C16H11F3N6S. The second kappa shape index (κ2) is 6.06. The lowest BCUT2D eigenvalue weighted by Crippen LogP contribution is -2.08. The number of pyridine rings is 1. The number of thiazole rings is 1. The van der Waals surface area contributed by atoms with E-state index in [0.717, 1.165) is 5.69 Å². The molecule has 4 aromatic heterocycles. The molecule has 0 fully saturated rings. The Bertz CT molecular complexity index is 1080. The molecule has 0 atom stereocenters. The Hall–Kier alpha value is -3.01. The van der Waals surface area contributed by atoms with Gasteiger partial charge < -0.3 is 5.32 Å². The minimum Gasteiger partial charge on any atom is -0.315 e. The molecule has 132 valence electrons. The number of rotatable bonds is 3. The molecule has 4 rings (SSSR count). The smallest absolute Gasteiger partial charge is 0.315 e. The van der Waals surface area contributed by atoms with Gasteiger partial charge in [-0.25, -0.2) is 15.0 Å². The lowest BCUT2D eigenvalue weighted by molar-refractivity contribution is -0.140. The van der Waals surface area contributed by atoms with Gasteiger partial charge in [0.05, 0.1) is 18.1 Å². The van der Waals surface area contributed by atoms with Crippen LogP contribution in [-0.4, -0.2) is 24.3 Å². The Morgan fingerprint density at radius 1 is 1.12 bits per heavy atom. The van der Waals surface area contributed by atoms with E-state index >= 15 is 0 Å². The van der Waals surface area contributed by atoms with Crippen molar-refractivity contribution < 1.29 is 13.2 Å². The highest BCUT2D eigenvalue weighted by atomic mass is 32.1. The summed E-state index contributed by atoms with van der Waals surface area (Å²) in [5, 5.41) is 5.40. The standard InChI is InChI=1S/C16H11F3N6S/c1-9-8-26-15(21-9)23-11-7-20-6-10(22-11)13-14(16(17,18)19)24-12-4-2-3-5-25(12)13/h2-8H,1H3,(H,21,22,23). The summed E-state index contributed by atoms with van der Waals surface area (Å²) >= 11 is 1.37. The highest BCUT2D eigenvalue weighted by Crippen LogP contribution is 2.36. The van der Waals surface area contributed by atoms with Crippen molar-refractivity contribution in [2.75, 3.05) is 5.32 Å². The monoisotopic (exact) mass is 376 g/mol. The van der Waals surface area contributed by atoms with Crippen molar-refractivity contribution in [3.05, 3.63) is 53.6 Å². The van der Waals surface area contributed by atoms with Crippen molar-refractivity contribution in [2.45, 2.75) is 13.1 Å². The third-order valence-electron chi connectivity index (χ3n) is 3.53. The maximum atomic E-state index is 13.5. The molecule has 0 bridgehead atoms. The fourth-order valence-corrected chi connectivity index (χ4v) is 3.19. The van der Waals surface area contributed by atoms with Gasteiger partial charge in [-0.15, -0.1) is 11.3 Å². The minimum absolute atomic E-state index is 0.0642. The first-order valence-electron chi connectivity index (χ1n) is 7.47. The first-order chi connectivity index (χ1) is 12.4. The first-order valence-corrected chi connectivity index (χ1v) is 8.35. The predicted molar refractivity (Wildman–Crippen MR) is 91.4 cm³/mol. The number of anilines is 2. The van der Waals surface area contributed by atoms with Gasteiger partial charge in [0.25, 0.3) is 0 Å². The number of nitrogens with one attached hydrogen (secondary N) is 1. The molecule has 0 saturated carbocycles. The SMILES string of the molecule is Cc1csc(Nc2cncc(-c3c(C(F)(F)F)nc4ccccn34)n2)n1. The van der Waals surface area contributed by atoms with E-state index in [1.165, 1.54) is 40.4 Å². The zero-order valence-corrected chi connectivity index (χ0v) is 14.1. The van der Waals surface area contributed by atoms with Crippen LogP contribution in [0.4, 0.5) is 24.1 Å². The number of hydrogen-bond acceptors (Lipinski definition) is 6. The Morgan fingerprint density at radius 2 is 1.96 bits per heavy atom. The van der Waals surface area contributed by atoms with Crippen molar-refractivity contribution in [2.24, 2.45) is 0 Å². The van der Waals surface area contributed by atoms with Gasteiger partial charge in [-0.2, -0.15) is 13.2 Å². The number of alkyl halides is 3. The molecule has 0 amide bonds. The van der Waals surface area contributed by atoms with Gasteiger partial charge in [-0.3, -0.25) is 9.38 Å². The largest absolute Gasteiger partial charge is 0.435 e. The van der Waals surface area contributed by atoms with Crippen LogP contribution in [0.5, 0.6) is 0 Å². The normalized spacial score (nSPS) is 11.8. The van der Waals surface area contributed by atoms with E-state index in [-0.39, 0.29) is 17.0 Å². The molecule has 0 aliphatic rings. The molecule has 0 spiro atoms. The van der Waals surface area contributed by atoms with E-state index in [9.17, 15) is 13.2 Å². The minimum atomic E-state index is -4.61. The van der Waals surface area contributed by atoms with Crippen LogP contribution in [-0.2, 0) is 6.18 Å². The predicted octanol–water partition coefficient (Wildman–Crippen LogP) is 4.32. The average Bonchev–Trinajstić information content (AvgIpc) is 3.18. The molecule has 0 aliphatic heterocycles. The third-order valence-corrected chi connectivity index (χ3v) is 4.41. The van der Waals surface area contributed by atoms with Crippen LogP contribution >= 0.6 is 11.3 Å². The molecule has 6 nitrogen and oxygen atoms in total. The molecule has 10 heteroatoms. The summed E-state index contributed by atoms with van der Waals surface area (Å²) in [5.41, 5.74) is -0.0672. The van der Waals surface area contributed by atoms with Crippen LogP contribution in [0.1, 0.15) is 11.4 Å². The van der Waals surface area contributed by atoms with Gasteiger partial charge in [0.1, 0.15) is 17.0 Å². The highest BCUT2D eigenvalue weighted by Gasteiger charge is 2.38. The zero-order valence-electron chi connectivity index (χ0n) is 13.3. The van der Waals surface area contributed by atoms with Crippen molar-refractivity contribution >= 4 is 27.9 Å². The molecule has 0 unspecified atom stereocenters. The number of hydrogen-bond donors (Lipinski definition) is 1. The number of fused-ring (bicyclic) bond motifs is 1. The molecule has 0 radical (unpaired) electrons. The second-order valence-electron chi connectivity index (χ2n) is 5.44. The number of halogens is 3. The molecule has 0 aromatic carbocycles. The fraction of sp³-hybridized carbons (Fsp3) is 0.125. The van der Waals surface area contributed by atoms with Gasteiger partial charge in [-0.05, 0) is 19.1 Å². The van der Waals surface area contributed by atoms with Gasteiger partial charge in [0, 0.05) is 11.6 Å². The summed E-state index contributed by atoms with van der Waals surface area (Å²) < 4.78 is 41.8. The van der Waals surface area contributed by atoms with Crippen molar-refractivity contribution in [1.29, 1.82) is 0 Å². The maximum Gasteiger partial charge on any atom is 0.435 e. The topological polar surface area (TPSA) is 68.0 Å². The Morgan fingerprint density at radius 3 is 2.69 bits per heavy atom. The summed E-state index contributed by atoms with van der Waals surface area (Å²) in [4.78, 5) is 16.3. The van der Waals surface area contributed by atoms with Gasteiger partial charge in [0.2, 0.25) is 0 Å². The number of aromatic nitrogens is 5. The second-order valence-corrected chi connectivity index (χ2v) is 6.30. The molecule has 0 saturated heterocycles. The van der Waals surface area contributed by atoms with Gasteiger partial charge >= 0.3 is 6.18 Å². The van der Waals surface area contributed by atoms with Crippen molar-refractivity contribution in [3.63, 3.8) is 0 Å². The van der Waals surface area contributed by atoms with E-state index in [0.29, 0.717) is 10.9 Å². The van der Waals surface area contributed by atoms with Gasteiger partial charge in [0.15, 0.2) is 16.6 Å². The summed E-state index contributed by atoms with van der Waals surface area (Å²) in [6.45, 7) is 1.85. The Labute approximate surface area is 149 Å². The van der Waals surface area contributed by atoms with Crippen LogP contribution in [0.15, 0.2) is 42.2 Å². The van der Waals surface area contributed by atoms with E-state index in [1.807, 2.05) is 12.3 Å². The van der Waals surface area contributed by atoms with E-state index in [2.05, 4.69) is 25.3 Å². The van der Waals surface area contributed by atoms with Gasteiger partial charge in [-0.1, -0.05) is 6.07 Å². The lowest BCUT2D eigenvalue weighted by Gasteiger charge is -2.08. The lowest BCUT2D eigenvalue weighted by atomic mass is 10.2. The van der Waals surface area contributed by atoms with Crippen LogP contribution in [0.3, 0.4) is 0 Å². The number of nitrogens with zero attached hydrogens (tertiary/aromatic N) is 5. The van der Waals surface area contributed by atoms with Crippen LogP contribution in [0.25, 0.3) is 17.0 Å². The van der Waals surface area contributed by atoms with Crippen LogP contribution in [0, 0.1) is 6.92 Å². The molecule has 4 heterocycles. The van der Waals surface area contributed by atoms with E-state index in [4.69, 9.17) is 0 Å².